The molecule has 0 saturated heterocycles. The molecule has 7 unspecified atom stereocenters. The highest BCUT2D eigenvalue weighted by Gasteiger charge is 2.42. The van der Waals surface area contributed by atoms with Gasteiger partial charge < -0.3 is 9.11 Å². The monoisotopic (exact) mass is 496 g/mol. The highest BCUT2D eigenvalue weighted by atomic mass is 35.5. The lowest BCUT2D eigenvalue weighted by molar-refractivity contribution is -0.132. The largest absolute Gasteiger partial charge is 0.748 e. The Balaban J connectivity index is 1.75. The number of hydrogen-bond acceptors (Lipinski definition) is 10. The number of azo groups is 1. The Morgan fingerprint density at radius 3 is 2.35 bits per heavy atom. The third kappa shape index (κ3) is 5.44. The Morgan fingerprint density at radius 1 is 1.06 bits per heavy atom. The third-order valence-electron chi connectivity index (χ3n) is 6.29. The molecule has 2 aliphatic carbocycles. The molecule has 0 aromatic rings. The first kappa shape index (κ1) is 24.5. The van der Waals surface area contributed by atoms with Crippen LogP contribution in [0.1, 0.15) is 52.4 Å². The summed E-state index contributed by atoms with van der Waals surface area (Å²) >= 11 is 6.23. The molecule has 2 fully saturated rings. The van der Waals surface area contributed by atoms with Crippen LogP contribution in [-0.4, -0.2) is 76.6 Å². The van der Waals surface area contributed by atoms with Crippen molar-refractivity contribution < 1.29 is 30.7 Å². The van der Waals surface area contributed by atoms with E-state index in [4.69, 9.17) is 11.6 Å². The molecular formula is C17H25ClN4O7S2-2. The van der Waals surface area contributed by atoms with Crippen LogP contribution in [0.2, 0.25) is 0 Å². The van der Waals surface area contributed by atoms with Crippen molar-refractivity contribution in [2.24, 2.45) is 21.2 Å². The van der Waals surface area contributed by atoms with Crippen LogP contribution < -0.4 is 0 Å². The van der Waals surface area contributed by atoms with Crippen LogP contribution in [0.25, 0.3) is 0 Å². The van der Waals surface area contributed by atoms with Crippen LogP contribution >= 0.6 is 11.6 Å². The molecule has 0 N–H and O–H groups in total. The maximum Gasteiger partial charge on any atom is 0.275 e. The van der Waals surface area contributed by atoms with Crippen molar-refractivity contribution in [1.82, 2.24) is 5.01 Å². The number of alkyl halides is 1. The van der Waals surface area contributed by atoms with Gasteiger partial charge >= 0.3 is 0 Å². The number of amides is 1. The molecule has 11 nitrogen and oxygen atoms in total. The zero-order valence-corrected chi connectivity index (χ0v) is 19.5. The fourth-order valence-corrected chi connectivity index (χ4v) is 6.74. The van der Waals surface area contributed by atoms with Gasteiger partial charge in [-0.1, -0.05) is 13.3 Å². The number of hydrogen-bond donors (Lipinski definition) is 0. The molecule has 0 bridgehead atoms. The molecular weight excluding hydrogens is 472 g/mol. The summed E-state index contributed by atoms with van der Waals surface area (Å²) in [6.45, 7) is 3.32. The van der Waals surface area contributed by atoms with E-state index in [-0.39, 0.29) is 37.0 Å². The van der Waals surface area contributed by atoms with E-state index in [1.54, 1.807) is 13.8 Å². The number of carbonyl (C=O) groups is 1. The lowest BCUT2D eigenvalue weighted by atomic mass is 9.87. The van der Waals surface area contributed by atoms with Crippen LogP contribution in [-0.2, 0) is 25.0 Å². The molecule has 0 spiro atoms. The first-order valence-electron chi connectivity index (χ1n) is 10.1. The van der Waals surface area contributed by atoms with E-state index in [2.05, 4.69) is 15.3 Å². The maximum atomic E-state index is 12.9. The summed E-state index contributed by atoms with van der Waals surface area (Å²) in [5.41, 5.74) is 0.314. The molecule has 1 aliphatic heterocycles. The summed E-state index contributed by atoms with van der Waals surface area (Å²) in [4.78, 5) is 12.9. The van der Waals surface area contributed by atoms with E-state index < -0.39 is 54.8 Å². The van der Waals surface area contributed by atoms with Gasteiger partial charge in [-0.05, 0) is 44.9 Å². The van der Waals surface area contributed by atoms with Crippen molar-refractivity contribution in [2.75, 3.05) is 0 Å². The summed E-state index contributed by atoms with van der Waals surface area (Å²) in [5, 5.41) is 10.7. The number of rotatable bonds is 5. The molecule has 1 heterocycles. The van der Waals surface area contributed by atoms with Gasteiger partial charge in [-0.15, -0.1) is 11.6 Å². The van der Waals surface area contributed by atoms with E-state index >= 15 is 0 Å². The molecule has 0 radical (unpaired) electrons. The molecule has 0 aromatic carbocycles. The maximum absolute atomic E-state index is 12.9. The fourth-order valence-electron chi connectivity index (χ4n) is 4.45. The van der Waals surface area contributed by atoms with Crippen LogP contribution in [0.15, 0.2) is 15.3 Å². The lowest BCUT2D eigenvalue weighted by Gasteiger charge is -2.36. The van der Waals surface area contributed by atoms with Crippen molar-refractivity contribution in [3.63, 3.8) is 0 Å². The topological polar surface area (TPSA) is 172 Å². The molecule has 176 valence electrons. The number of nitrogens with zero attached hydrogens (tertiary/aromatic N) is 4. The molecule has 14 heteroatoms. The average molecular weight is 497 g/mol. The number of carbonyl (C=O) groups excluding carboxylic acids is 1. The highest BCUT2D eigenvalue weighted by Crippen LogP contribution is 2.35. The Labute approximate surface area is 186 Å². The Hall–Kier alpha value is -1.15. The van der Waals surface area contributed by atoms with E-state index in [9.17, 15) is 30.7 Å². The predicted molar refractivity (Wildman–Crippen MR) is 110 cm³/mol. The predicted octanol–water partition coefficient (Wildman–Crippen LogP) is 1.20. The second-order valence-corrected chi connectivity index (χ2v) is 12.4. The first-order chi connectivity index (χ1) is 14.3. The van der Waals surface area contributed by atoms with E-state index in [1.807, 2.05) is 0 Å². The van der Waals surface area contributed by atoms with Gasteiger partial charge in [0.05, 0.1) is 48.5 Å². The van der Waals surface area contributed by atoms with Gasteiger partial charge in [0.15, 0.2) is 6.04 Å². The second-order valence-electron chi connectivity index (χ2n) is 8.56. The standard InChI is InChI=1S/C17H27ClN4O7S2/c1-9-6-15(31(27,28)29)14(8-13(9)18)19-20-16-10(2)21-22(17(16)23)11-4-3-5-12(7-11)30(24,25)26/h9,11-16H,3-8H2,1-2H3,(H,24,25,26)(H,27,28,29)/p-2. The molecule has 3 aliphatic rings. The van der Waals surface area contributed by atoms with Crippen LogP contribution in [0.3, 0.4) is 0 Å². The fraction of sp³-hybridized carbons (Fsp3) is 0.882. The summed E-state index contributed by atoms with van der Waals surface area (Å²) in [5.74, 6) is -0.700. The van der Waals surface area contributed by atoms with Crippen molar-refractivity contribution in [3.8, 4) is 0 Å². The van der Waals surface area contributed by atoms with E-state index in [0.717, 1.165) is 5.01 Å². The van der Waals surface area contributed by atoms with Gasteiger partial charge in [-0.3, -0.25) is 4.79 Å². The Kier molecular flexibility index (Phi) is 7.11. The lowest BCUT2D eigenvalue weighted by Crippen LogP contribution is -2.43. The minimum absolute atomic E-state index is 0.00313. The number of hydrazone groups is 1. The minimum Gasteiger partial charge on any atom is -0.748 e. The van der Waals surface area contributed by atoms with Gasteiger partial charge in [0, 0.05) is 5.38 Å². The van der Waals surface area contributed by atoms with Crippen molar-refractivity contribution in [2.45, 2.75) is 86.4 Å². The van der Waals surface area contributed by atoms with Gasteiger partial charge in [0.25, 0.3) is 5.91 Å². The zero-order valence-electron chi connectivity index (χ0n) is 17.1. The quantitative estimate of drug-likeness (QED) is 0.312. The summed E-state index contributed by atoms with van der Waals surface area (Å²) in [6, 6.07) is -2.59. The normalized spacial score (nSPS) is 38.0. The van der Waals surface area contributed by atoms with Gasteiger partial charge in [-0.2, -0.15) is 15.3 Å². The first-order valence-corrected chi connectivity index (χ1v) is 13.5. The van der Waals surface area contributed by atoms with Gasteiger partial charge in [0.2, 0.25) is 0 Å². The zero-order chi connectivity index (χ0) is 23.1. The van der Waals surface area contributed by atoms with Crippen molar-refractivity contribution in [3.05, 3.63) is 0 Å². The molecule has 3 rings (SSSR count). The smallest absolute Gasteiger partial charge is 0.275 e. The van der Waals surface area contributed by atoms with Crippen LogP contribution in [0.4, 0.5) is 0 Å². The second kappa shape index (κ2) is 9.00. The summed E-state index contributed by atoms with van der Waals surface area (Å²) in [6.07, 6.45) is 1.44. The van der Waals surface area contributed by atoms with E-state index in [1.165, 1.54) is 0 Å². The van der Waals surface area contributed by atoms with E-state index in [0.29, 0.717) is 18.6 Å². The Morgan fingerprint density at radius 2 is 1.74 bits per heavy atom. The van der Waals surface area contributed by atoms with Gasteiger partial charge in [0.1, 0.15) is 0 Å². The van der Waals surface area contributed by atoms with Gasteiger partial charge in [-0.25, -0.2) is 21.8 Å². The minimum atomic E-state index is -4.63. The molecule has 0 aromatic heterocycles. The molecule has 2 saturated carbocycles. The van der Waals surface area contributed by atoms with Crippen molar-refractivity contribution >= 4 is 43.5 Å². The molecule has 1 amide bonds. The summed E-state index contributed by atoms with van der Waals surface area (Å²) < 4.78 is 69.2. The summed E-state index contributed by atoms with van der Waals surface area (Å²) in [7, 11) is -9.09. The molecule has 7 atom stereocenters. The van der Waals surface area contributed by atoms with Crippen molar-refractivity contribution in [1.29, 1.82) is 0 Å². The highest BCUT2D eigenvalue weighted by molar-refractivity contribution is 7.86. The molecule has 31 heavy (non-hydrogen) atoms. The average Bonchev–Trinajstić information content (AvgIpc) is 2.95. The number of halogens is 1. The SMILES string of the molecule is CC1=NN(C2CCCC(S(=O)(=O)[O-])C2)C(=O)C1N=NC1CC(Cl)C(C)CC1S(=O)(=O)[O-]. The third-order valence-corrected chi connectivity index (χ3v) is 9.39. The van der Waals surface area contributed by atoms with Crippen LogP contribution in [0, 0.1) is 5.92 Å². The Bertz CT molecular complexity index is 984. The van der Waals surface area contributed by atoms with Crippen LogP contribution in [0.5, 0.6) is 0 Å².